The molecule has 0 unspecified atom stereocenters. The maximum absolute atomic E-state index is 12.0. The smallest absolute Gasteiger partial charge is 0.251 e. The number of benzene rings is 2. The summed E-state index contributed by atoms with van der Waals surface area (Å²) in [6.45, 7) is 2.52. The van der Waals surface area contributed by atoms with Crippen LogP contribution in [0, 0.1) is 0 Å². The highest BCUT2D eigenvalue weighted by molar-refractivity contribution is 7.08. The summed E-state index contributed by atoms with van der Waals surface area (Å²) in [5.41, 5.74) is 5.87. The van der Waals surface area contributed by atoms with E-state index >= 15 is 0 Å². The Morgan fingerprint density at radius 3 is 2.88 bits per heavy atom. The van der Waals surface area contributed by atoms with Crippen LogP contribution in [0.15, 0.2) is 65.6 Å². The van der Waals surface area contributed by atoms with Gasteiger partial charge in [0.1, 0.15) is 6.33 Å². The zero-order valence-electron chi connectivity index (χ0n) is 13.8. The molecule has 0 aliphatic rings. The van der Waals surface area contributed by atoms with Gasteiger partial charge in [-0.05, 0) is 65.2 Å². The molecular formula is C20H17N3OS. The molecule has 0 aliphatic carbocycles. The standard InChI is InChI=1S/C20H17N3OS/c1-2-21-20(24)15-6-7-19-18(11-15)22-13-23(19)17-5-3-4-14(10-17)16-8-9-25-12-16/h3-13H,2H2,1H3,(H,21,24). The predicted octanol–water partition coefficient (Wildman–Crippen LogP) is 4.50. The molecule has 2 aromatic heterocycles. The normalized spacial score (nSPS) is 10.9. The van der Waals surface area contributed by atoms with Crippen molar-refractivity contribution in [1.82, 2.24) is 14.9 Å². The Morgan fingerprint density at radius 1 is 1.16 bits per heavy atom. The summed E-state index contributed by atoms with van der Waals surface area (Å²) in [5.74, 6) is -0.0709. The lowest BCUT2D eigenvalue weighted by atomic mass is 10.1. The lowest BCUT2D eigenvalue weighted by Crippen LogP contribution is -2.22. The Labute approximate surface area is 149 Å². The van der Waals surface area contributed by atoms with E-state index in [2.05, 4.69) is 51.4 Å². The largest absolute Gasteiger partial charge is 0.352 e. The molecule has 2 aromatic carbocycles. The fourth-order valence-corrected chi connectivity index (χ4v) is 3.55. The molecule has 0 bridgehead atoms. The lowest BCUT2D eigenvalue weighted by Gasteiger charge is -2.07. The number of carbonyl (C=O) groups excluding carboxylic acids is 1. The van der Waals surface area contributed by atoms with E-state index in [9.17, 15) is 4.79 Å². The van der Waals surface area contributed by atoms with E-state index in [1.807, 2.05) is 29.7 Å². The van der Waals surface area contributed by atoms with Gasteiger partial charge < -0.3 is 5.32 Å². The first-order chi connectivity index (χ1) is 12.3. The van der Waals surface area contributed by atoms with Crippen LogP contribution >= 0.6 is 11.3 Å². The van der Waals surface area contributed by atoms with Crippen LogP contribution in [0.1, 0.15) is 17.3 Å². The molecule has 25 heavy (non-hydrogen) atoms. The van der Waals surface area contributed by atoms with E-state index in [0.717, 1.165) is 16.7 Å². The van der Waals surface area contributed by atoms with Crippen molar-refractivity contribution in [1.29, 1.82) is 0 Å². The van der Waals surface area contributed by atoms with Crippen LogP contribution < -0.4 is 5.32 Å². The van der Waals surface area contributed by atoms with E-state index < -0.39 is 0 Å². The molecule has 0 saturated heterocycles. The first-order valence-corrected chi connectivity index (χ1v) is 9.09. The van der Waals surface area contributed by atoms with Gasteiger partial charge in [0.05, 0.1) is 11.0 Å². The molecule has 1 N–H and O–H groups in total. The molecule has 124 valence electrons. The van der Waals surface area contributed by atoms with Crippen LogP contribution in [0.5, 0.6) is 0 Å². The SMILES string of the molecule is CCNC(=O)c1ccc2c(c1)ncn2-c1cccc(-c2ccsc2)c1. The first-order valence-electron chi connectivity index (χ1n) is 8.14. The first kappa shape index (κ1) is 15.6. The number of thiophene rings is 1. The van der Waals surface area contributed by atoms with Crippen molar-refractivity contribution in [2.75, 3.05) is 6.54 Å². The minimum Gasteiger partial charge on any atom is -0.352 e. The van der Waals surface area contributed by atoms with Gasteiger partial charge in [0.25, 0.3) is 5.91 Å². The van der Waals surface area contributed by atoms with Gasteiger partial charge in [0, 0.05) is 17.8 Å². The van der Waals surface area contributed by atoms with Gasteiger partial charge >= 0.3 is 0 Å². The monoisotopic (exact) mass is 347 g/mol. The van der Waals surface area contributed by atoms with Crippen molar-refractivity contribution in [3.05, 3.63) is 71.2 Å². The second-order valence-corrected chi connectivity index (χ2v) is 6.52. The zero-order chi connectivity index (χ0) is 17.2. The van der Waals surface area contributed by atoms with Crippen molar-refractivity contribution in [3.8, 4) is 16.8 Å². The number of aromatic nitrogens is 2. The Morgan fingerprint density at radius 2 is 2.08 bits per heavy atom. The molecule has 1 amide bonds. The summed E-state index contributed by atoms with van der Waals surface area (Å²) >= 11 is 1.69. The average molecular weight is 347 g/mol. The van der Waals surface area contributed by atoms with Gasteiger partial charge in [-0.3, -0.25) is 9.36 Å². The highest BCUT2D eigenvalue weighted by Crippen LogP contribution is 2.26. The van der Waals surface area contributed by atoms with Crippen LogP contribution in [0.2, 0.25) is 0 Å². The van der Waals surface area contributed by atoms with Gasteiger partial charge in [-0.2, -0.15) is 11.3 Å². The predicted molar refractivity (Wildman–Crippen MR) is 102 cm³/mol. The molecule has 0 saturated carbocycles. The number of rotatable bonds is 4. The third-order valence-corrected chi connectivity index (χ3v) is 4.81. The van der Waals surface area contributed by atoms with Crippen LogP contribution in [0.3, 0.4) is 0 Å². The van der Waals surface area contributed by atoms with Crippen molar-refractivity contribution in [2.24, 2.45) is 0 Å². The summed E-state index contributed by atoms with van der Waals surface area (Å²) in [7, 11) is 0. The Hall–Kier alpha value is -2.92. The highest BCUT2D eigenvalue weighted by atomic mass is 32.1. The highest BCUT2D eigenvalue weighted by Gasteiger charge is 2.10. The molecule has 0 aliphatic heterocycles. The Balaban J connectivity index is 1.75. The minimum absolute atomic E-state index is 0.0709. The van der Waals surface area contributed by atoms with E-state index in [4.69, 9.17) is 0 Å². The van der Waals surface area contributed by atoms with Crippen molar-refractivity contribution in [2.45, 2.75) is 6.92 Å². The van der Waals surface area contributed by atoms with Crippen LogP contribution in [-0.4, -0.2) is 22.0 Å². The van der Waals surface area contributed by atoms with Gasteiger partial charge in [-0.25, -0.2) is 4.98 Å². The third kappa shape index (κ3) is 2.94. The summed E-state index contributed by atoms with van der Waals surface area (Å²) in [6.07, 6.45) is 1.80. The second kappa shape index (κ2) is 6.53. The lowest BCUT2D eigenvalue weighted by molar-refractivity contribution is 0.0956. The number of carbonyl (C=O) groups is 1. The van der Waals surface area contributed by atoms with E-state index in [0.29, 0.717) is 12.1 Å². The van der Waals surface area contributed by atoms with Gasteiger partial charge in [0.2, 0.25) is 0 Å². The van der Waals surface area contributed by atoms with Crippen molar-refractivity contribution < 1.29 is 4.79 Å². The third-order valence-electron chi connectivity index (χ3n) is 4.13. The maximum atomic E-state index is 12.0. The molecule has 0 atom stereocenters. The van der Waals surface area contributed by atoms with Crippen LogP contribution in [-0.2, 0) is 0 Å². The van der Waals surface area contributed by atoms with E-state index in [1.165, 1.54) is 11.1 Å². The molecule has 4 rings (SSSR count). The number of amides is 1. The number of fused-ring (bicyclic) bond motifs is 1. The number of hydrogen-bond donors (Lipinski definition) is 1. The average Bonchev–Trinajstić information content (AvgIpc) is 3.31. The summed E-state index contributed by atoms with van der Waals surface area (Å²) in [5, 5.41) is 7.04. The maximum Gasteiger partial charge on any atom is 0.251 e. The van der Waals surface area contributed by atoms with Gasteiger partial charge in [0.15, 0.2) is 0 Å². The minimum atomic E-state index is -0.0709. The molecule has 2 heterocycles. The number of nitrogens with one attached hydrogen (secondary N) is 1. The van der Waals surface area contributed by atoms with Gasteiger partial charge in [-0.1, -0.05) is 12.1 Å². The summed E-state index contributed by atoms with van der Waals surface area (Å²) in [6, 6.07) is 16.1. The second-order valence-electron chi connectivity index (χ2n) is 5.74. The molecule has 4 aromatic rings. The summed E-state index contributed by atoms with van der Waals surface area (Å²) < 4.78 is 2.05. The van der Waals surface area contributed by atoms with E-state index in [-0.39, 0.29) is 5.91 Å². The molecule has 5 heteroatoms. The molecular weight excluding hydrogens is 330 g/mol. The quantitative estimate of drug-likeness (QED) is 0.591. The van der Waals surface area contributed by atoms with Crippen molar-refractivity contribution >= 4 is 28.3 Å². The number of nitrogens with zero attached hydrogens (tertiary/aromatic N) is 2. The Kier molecular flexibility index (Phi) is 4.07. The fourth-order valence-electron chi connectivity index (χ4n) is 2.89. The van der Waals surface area contributed by atoms with Gasteiger partial charge in [-0.15, -0.1) is 0 Å². The molecule has 0 fully saturated rings. The zero-order valence-corrected chi connectivity index (χ0v) is 14.6. The molecule has 0 spiro atoms. The van der Waals surface area contributed by atoms with Crippen molar-refractivity contribution in [3.63, 3.8) is 0 Å². The van der Waals surface area contributed by atoms with Crippen LogP contribution in [0.25, 0.3) is 27.8 Å². The fraction of sp³-hybridized carbons (Fsp3) is 0.100. The summed E-state index contributed by atoms with van der Waals surface area (Å²) in [4.78, 5) is 16.5. The Bertz CT molecular complexity index is 1030. The topological polar surface area (TPSA) is 46.9 Å². The number of hydrogen-bond acceptors (Lipinski definition) is 3. The number of imidazole rings is 1. The van der Waals surface area contributed by atoms with Crippen LogP contribution in [0.4, 0.5) is 0 Å². The molecule has 4 nitrogen and oxygen atoms in total. The van der Waals surface area contributed by atoms with E-state index in [1.54, 1.807) is 17.7 Å². The molecule has 0 radical (unpaired) electrons.